The molecule has 0 atom stereocenters. The van der Waals surface area contributed by atoms with Gasteiger partial charge < -0.3 is 9.64 Å². The SMILES string of the molecule is Cc1cc(C2CCN(C(=O)COc3cccnc3)CC2)nc2ccnn12. The summed E-state index contributed by atoms with van der Waals surface area (Å²) in [6, 6.07) is 7.61. The fraction of sp³-hybridized carbons (Fsp3) is 0.368. The van der Waals surface area contributed by atoms with Gasteiger partial charge in [-0.1, -0.05) is 0 Å². The summed E-state index contributed by atoms with van der Waals surface area (Å²) in [5.41, 5.74) is 3.05. The summed E-state index contributed by atoms with van der Waals surface area (Å²) in [6.07, 6.45) is 6.88. The van der Waals surface area contributed by atoms with Crippen LogP contribution in [0.25, 0.3) is 5.65 Å². The molecule has 1 aliphatic rings. The molecule has 1 fully saturated rings. The molecular weight excluding hydrogens is 330 g/mol. The van der Waals surface area contributed by atoms with Gasteiger partial charge >= 0.3 is 0 Å². The Hall–Kier alpha value is -2.96. The van der Waals surface area contributed by atoms with Crippen LogP contribution >= 0.6 is 0 Å². The molecule has 1 aliphatic heterocycles. The van der Waals surface area contributed by atoms with Gasteiger partial charge in [0.25, 0.3) is 5.91 Å². The van der Waals surface area contributed by atoms with E-state index in [-0.39, 0.29) is 12.5 Å². The number of aromatic nitrogens is 4. The minimum atomic E-state index is 0.0164. The van der Waals surface area contributed by atoms with Crippen molar-refractivity contribution in [3.63, 3.8) is 0 Å². The number of ether oxygens (including phenoxy) is 1. The average molecular weight is 351 g/mol. The van der Waals surface area contributed by atoms with E-state index < -0.39 is 0 Å². The van der Waals surface area contributed by atoms with Crippen molar-refractivity contribution >= 4 is 11.6 Å². The van der Waals surface area contributed by atoms with Crippen molar-refractivity contribution in [2.75, 3.05) is 19.7 Å². The van der Waals surface area contributed by atoms with Gasteiger partial charge in [0.15, 0.2) is 12.3 Å². The molecule has 7 heteroatoms. The lowest BCUT2D eigenvalue weighted by atomic mass is 9.93. The summed E-state index contributed by atoms with van der Waals surface area (Å²) in [5.74, 6) is 1.00. The molecule has 0 aliphatic carbocycles. The lowest BCUT2D eigenvalue weighted by molar-refractivity contribution is -0.134. The van der Waals surface area contributed by atoms with Crippen molar-refractivity contribution in [1.29, 1.82) is 0 Å². The fourth-order valence-electron chi connectivity index (χ4n) is 3.40. The third kappa shape index (κ3) is 3.37. The third-order valence-electron chi connectivity index (χ3n) is 4.82. The maximum absolute atomic E-state index is 12.4. The summed E-state index contributed by atoms with van der Waals surface area (Å²) in [4.78, 5) is 22.9. The summed E-state index contributed by atoms with van der Waals surface area (Å²) in [6.45, 7) is 3.55. The van der Waals surface area contributed by atoms with Crippen molar-refractivity contribution in [3.05, 3.63) is 54.2 Å². The zero-order valence-corrected chi connectivity index (χ0v) is 14.7. The molecule has 7 nitrogen and oxygen atoms in total. The van der Waals surface area contributed by atoms with Crippen molar-refractivity contribution in [1.82, 2.24) is 24.5 Å². The van der Waals surface area contributed by atoms with Gasteiger partial charge in [-0.05, 0) is 38.0 Å². The van der Waals surface area contributed by atoms with Gasteiger partial charge in [-0.25, -0.2) is 9.50 Å². The molecule has 0 N–H and O–H groups in total. The van der Waals surface area contributed by atoms with Crippen molar-refractivity contribution in [2.24, 2.45) is 0 Å². The van der Waals surface area contributed by atoms with Gasteiger partial charge in [0.05, 0.1) is 12.4 Å². The van der Waals surface area contributed by atoms with Crippen LogP contribution < -0.4 is 4.74 Å². The minimum Gasteiger partial charge on any atom is -0.482 e. The van der Waals surface area contributed by atoms with Gasteiger partial charge in [0, 0.05) is 42.7 Å². The lowest BCUT2D eigenvalue weighted by Gasteiger charge is -2.31. The molecule has 26 heavy (non-hydrogen) atoms. The number of piperidine rings is 1. The Balaban J connectivity index is 1.35. The largest absolute Gasteiger partial charge is 0.482 e. The summed E-state index contributed by atoms with van der Waals surface area (Å²) < 4.78 is 7.36. The molecule has 4 rings (SSSR count). The van der Waals surface area contributed by atoms with E-state index in [0.29, 0.717) is 11.7 Å². The first kappa shape index (κ1) is 16.5. The molecule has 1 saturated heterocycles. The highest BCUT2D eigenvalue weighted by molar-refractivity contribution is 5.77. The Kier molecular flexibility index (Phi) is 4.51. The van der Waals surface area contributed by atoms with Crippen LogP contribution in [0.5, 0.6) is 5.75 Å². The Morgan fingerprint density at radius 3 is 2.88 bits per heavy atom. The second-order valence-electron chi connectivity index (χ2n) is 6.56. The first-order chi connectivity index (χ1) is 12.7. The molecule has 0 spiro atoms. The molecule has 134 valence electrons. The van der Waals surface area contributed by atoms with Crippen LogP contribution in [0, 0.1) is 6.92 Å². The quantitative estimate of drug-likeness (QED) is 0.721. The molecule has 4 heterocycles. The van der Waals surface area contributed by atoms with Gasteiger partial charge in [0.2, 0.25) is 0 Å². The van der Waals surface area contributed by atoms with E-state index in [1.54, 1.807) is 30.7 Å². The number of fused-ring (bicyclic) bond motifs is 1. The molecule has 0 bridgehead atoms. The van der Waals surface area contributed by atoms with E-state index in [2.05, 4.69) is 16.1 Å². The fourth-order valence-corrected chi connectivity index (χ4v) is 3.40. The van der Waals surface area contributed by atoms with Gasteiger partial charge in [0.1, 0.15) is 5.75 Å². The molecule has 0 saturated carbocycles. The smallest absolute Gasteiger partial charge is 0.260 e. The predicted molar refractivity (Wildman–Crippen MR) is 96.0 cm³/mol. The summed E-state index contributed by atoms with van der Waals surface area (Å²) in [7, 11) is 0. The Labute approximate surface area is 151 Å². The van der Waals surface area contributed by atoms with Crippen molar-refractivity contribution < 1.29 is 9.53 Å². The van der Waals surface area contributed by atoms with E-state index in [4.69, 9.17) is 9.72 Å². The maximum atomic E-state index is 12.4. The highest BCUT2D eigenvalue weighted by atomic mass is 16.5. The molecule has 3 aromatic rings. The Morgan fingerprint density at radius 2 is 2.12 bits per heavy atom. The molecule has 0 radical (unpaired) electrons. The van der Waals surface area contributed by atoms with E-state index in [1.165, 1.54) is 0 Å². The van der Waals surface area contributed by atoms with E-state index >= 15 is 0 Å². The highest BCUT2D eigenvalue weighted by Gasteiger charge is 2.25. The van der Waals surface area contributed by atoms with Crippen LogP contribution in [0.1, 0.15) is 30.1 Å². The van der Waals surface area contributed by atoms with Gasteiger partial charge in [-0.3, -0.25) is 9.78 Å². The lowest BCUT2D eigenvalue weighted by Crippen LogP contribution is -2.40. The van der Waals surface area contributed by atoms with E-state index in [9.17, 15) is 4.79 Å². The maximum Gasteiger partial charge on any atom is 0.260 e. The molecular formula is C19H21N5O2. The van der Waals surface area contributed by atoms with Crippen LogP contribution in [0.3, 0.4) is 0 Å². The molecule has 0 unspecified atom stereocenters. The number of amides is 1. The zero-order chi connectivity index (χ0) is 17.9. The second kappa shape index (κ2) is 7.11. The van der Waals surface area contributed by atoms with Crippen molar-refractivity contribution in [3.8, 4) is 5.75 Å². The molecule has 3 aromatic heterocycles. The number of pyridine rings is 1. The number of carbonyl (C=O) groups excluding carboxylic acids is 1. The normalized spacial score (nSPS) is 15.3. The number of nitrogens with zero attached hydrogens (tertiary/aromatic N) is 5. The third-order valence-corrected chi connectivity index (χ3v) is 4.82. The Morgan fingerprint density at radius 1 is 1.27 bits per heavy atom. The van der Waals surface area contributed by atoms with Gasteiger partial charge in [-0.15, -0.1) is 0 Å². The number of hydrogen-bond acceptors (Lipinski definition) is 5. The number of carbonyl (C=O) groups is 1. The zero-order valence-electron chi connectivity index (χ0n) is 14.7. The van der Waals surface area contributed by atoms with Crippen LogP contribution in [-0.4, -0.2) is 50.1 Å². The monoisotopic (exact) mass is 351 g/mol. The van der Waals surface area contributed by atoms with E-state index in [1.807, 2.05) is 22.4 Å². The van der Waals surface area contributed by atoms with Crippen LogP contribution in [0.2, 0.25) is 0 Å². The standard InChI is InChI=1S/C19H21N5O2/c1-14-11-17(22-18-4-8-21-24(14)18)15-5-9-23(10-6-15)19(25)13-26-16-3-2-7-20-12-16/h2-4,7-8,11-12,15H,5-6,9-10,13H2,1H3. The number of hydrogen-bond donors (Lipinski definition) is 0. The second-order valence-corrected chi connectivity index (χ2v) is 6.56. The minimum absolute atomic E-state index is 0.0164. The van der Waals surface area contributed by atoms with Gasteiger partial charge in [-0.2, -0.15) is 5.10 Å². The first-order valence-electron chi connectivity index (χ1n) is 8.82. The summed E-state index contributed by atoms with van der Waals surface area (Å²) >= 11 is 0. The van der Waals surface area contributed by atoms with Crippen LogP contribution in [0.4, 0.5) is 0 Å². The summed E-state index contributed by atoms with van der Waals surface area (Å²) in [5, 5.41) is 4.27. The predicted octanol–water partition coefficient (Wildman–Crippen LogP) is 2.22. The molecule has 0 aromatic carbocycles. The molecule has 1 amide bonds. The van der Waals surface area contributed by atoms with E-state index in [0.717, 1.165) is 43.0 Å². The van der Waals surface area contributed by atoms with Crippen LogP contribution in [-0.2, 0) is 4.79 Å². The highest BCUT2D eigenvalue weighted by Crippen LogP contribution is 2.27. The topological polar surface area (TPSA) is 72.6 Å². The average Bonchev–Trinajstić information content (AvgIpc) is 3.16. The number of rotatable bonds is 4. The number of likely N-dealkylation sites (tertiary alicyclic amines) is 1. The first-order valence-corrected chi connectivity index (χ1v) is 8.82. The van der Waals surface area contributed by atoms with Crippen molar-refractivity contribution in [2.45, 2.75) is 25.7 Å². The van der Waals surface area contributed by atoms with Crippen LogP contribution in [0.15, 0.2) is 42.9 Å². The Bertz CT molecular complexity index is 901. The number of aryl methyl sites for hydroxylation is 1.